The van der Waals surface area contributed by atoms with Gasteiger partial charge in [-0.25, -0.2) is 4.85 Å². The van der Waals surface area contributed by atoms with Crippen LogP contribution in [0.25, 0.3) is 4.85 Å². The molecular weight excluding hydrogens is 406 g/mol. The van der Waals surface area contributed by atoms with Gasteiger partial charge in [0.1, 0.15) is 5.75 Å². The Hall–Kier alpha value is -2.39. The van der Waals surface area contributed by atoms with Gasteiger partial charge in [-0.05, 0) is 55.9 Å². The number of benzene rings is 1. The van der Waals surface area contributed by atoms with Crippen LogP contribution in [0.1, 0.15) is 41.6 Å². The Morgan fingerprint density at radius 1 is 1.22 bits per heavy atom. The normalized spacial score (nSPS) is 22.1. The number of hydrogen-bond acceptors (Lipinski definition) is 3. The van der Waals surface area contributed by atoms with E-state index < -0.39 is 0 Å². The molecule has 0 bridgehead atoms. The molecule has 0 radical (unpaired) electrons. The van der Waals surface area contributed by atoms with Crippen LogP contribution in [0.2, 0.25) is 0 Å². The van der Waals surface area contributed by atoms with Crippen molar-refractivity contribution in [1.29, 1.82) is 0 Å². The second-order valence-corrected chi connectivity index (χ2v) is 7.91. The summed E-state index contributed by atoms with van der Waals surface area (Å²) in [6.07, 6.45) is 8.27. The van der Waals surface area contributed by atoms with E-state index >= 15 is 0 Å². The minimum absolute atomic E-state index is 0.118. The van der Waals surface area contributed by atoms with Gasteiger partial charge in [0, 0.05) is 29.5 Å². The number of fused-ring (bicyclic) bond motifs is 1. The molecular formula is C21H20BrN3O2. The van der Waals surface area contributed by atoms with E-state index in [-0.39, 0.29) is 18.1 Å². The number of amides is 1. The van der Waals surface area contributed by atoms with Gasteiger partial charge >= 0.3 is 0 Å². The van der Waals surface area contributed by atoms with Crippen LogP contribution in [0.4, 0.5) is 5.69 Å². The first-order chi connectivity index (χ1) is 13.2. The Kier molecular flexibility index (Phi) is 5.13. The van der Waals surface area contributed by atoms with Gasteiger partial charge in [-0.1, -0.05) is 22.0 Å². The van der Waals surface area contributed by atoms with Crippen molar-refractivity contribution in [1.82, 2.24) is 9.88 Å². The highest BCUT2D eigenvalue weighted by Gasteiger charge is 2.33. The lowest BCUT2D eigenvalue weighted by Crippen LogP contribution is -2.47. The number of ether oxygens (including phenoxy) is 1. The van der Waals surface area contributed by atoms with Gasteiger partial charge in [0.2, 0.25) is 5.69 Å². The monoisotopic (exact) mass is 425 g/mol. The maximum atomic E-state index is 12.8. The van der Waals surface area contributed by atoms with Crippen molar-refractivity contribution in [3.63, 3.8) is 0 Å². The van der Waals surface area contributed by atoms with Crippen molar-refractivity contribution in [2.45, 2.75) is 44.2 Å². The predicted molar refractivity (Wildman–Crippen MR) is 106 cm³/mol. The minimum Gasteiger partial charge on any atom is -0.491 e. The van der Waals surface area contributed by atoms with Gasteiger partial charge in [-0.2, -0.15) is 0 Å². The van der Waals surface area contributed by atoms with Crippen LogP contribution >= 0.6 is 15.9 Å². The lowest BCUT2D eigenvalue weighted by Gasteiger charge is -2.39. The molecule has 0 atom stereocenters. The van der Waals surface area contributed by atoms with Crippen LogP contribution < -0.4 is 4.74 Å². The number of rotatable bonds is 3. The van der Waals surface area contributed by atoms with Crippen molar-refractivity contribution >= 4 is 27.5 Å². The topological polar surface area (TPSA) is 46.8 Å². The SMILES string of the molecule is [C-]#[N+]c1ccc(OC2CCC(N3CCc4ccncc4C3=O)CC2)cc1Br. The first kappa shape index (κ1) is 18.0. The number of hydrogen-bond donors (Lipinski definition) is 0. The summed E-state index contributed by atoms with van der Waals surface area (Å²) in [7, 11) is 0. The number of carbonyl (C=O) groups is 1. The van der Waals surface area contributed by atoms with Crippen LogP contribution in [-0.4, -0.2) is 34.5 Å². The average molecular weight is 426 g/mol. The van der Waals surface area contributed by atoms with Crippen LogP contribution in [0.15, 0.2) is 41.1 Å². The fraction of sp³-hybridized carbons (Fsp3) is 0.381. The zero-order valence-corrected chi connectivity index (χ0v) is 16.5. The molecule has 0 N–H and O–H groups in total. The first-order valence-corrected chi connectivity index (χ1v) is 10.0. The maximum Gasteiger partial charge on any atom is 0.255 e. The molecule has 1 amide bonds. The predicted octanol–water partition coefficient (Wildman–Crippen LogP) is 4.78. The number of aromatic nitrogens is 1. The van der Waals surface area contributed by atoms with Crippen molar-refractivity contribution < 1.29 is 9.53 Å². The Morgan fingerprint density at radius 2 is 2.04 bits per heavy atom. The molecule has 2 heterocycles. The largest absolute Gasteiger partial charge is 0.491 e. The number of nitrogens with zero attached hydrogens (tertiary/aromatic N) is 3. The van der Waals surface area contributed by atoms with E-state index in [9.17, 15) is 4.79 Å². The summed E-state index contributed by atoms with van der Waals surface area (Å²) in [6.45, 7) is 7.90. The van der Waals surface area contributed by atoms with Crippen LogP contribution in [0.3, 0.4) is 0 Å². The van der Waals surface area contributed by atoms with Crippen molar-refractivity contribution in [2.75, 3.05) is 6.54 Å². The highest BCUT2D eigenvalue weighted by molar-refractivity contribution is 9.10. The zero-order valence-electron chi connectivity index (χ0n) is 14.9. The van der Waals surface area contributed by atoms with Gasteiger partial charge in [-0.3, -0.25) is 9.78 Å². The molecule has 1 aromatic heterocycles. The Bertz CT molecular complexity index is 901. The Morgan fingerprint density at radius 3 is 2.78 bits per heavy atom. The van der Waals surface area contributed by atoms with E-state index in [1.165, 1.54) is 0 Å². The summed E-state index contributed by atoms with van der Waals surface area (Å²) >= 11 is 3.41. The van der Waals surface area contributed by atoms with Crippen molar-refractivity contribution in [3.05, 3.63) is 63.7 Å². The molecule has 0 unspecified atom stereocenters. The molecule has 1 aromatic carbocycles. The Balaban J connectivity index is 1.36. The third-order valence-corrected chi connectivity index (χ3v) is 6.09. The maximum absolute atomic E-state index is 12.8. The molecule has 1 fully saturated rings. The molecule has 4 rings (SSSR count). The number of carbonyl (C=O) groups excluding carboxylic acids is 1. The van der Waals surface area contributed by atoms with E-state index in [0.29, 0.717) is 5.69 Å². The zero-order chi connectivity index (χ0) is 18.8. The second-order valence-electron chi connectivity index (χ2n) is 7.05. The quantitative estimate of drug-likeness (QED) is 0.664. The molecule has 2 aliphatic rings. The van der Waals surface area contributed by atoms with Crippen molar-refractivity contribution in [3.8, 4) is 5.75 Å². The van der Waals surface area contributed by atoms with Gasteiger partial charge in [0.15, 0.2) is 0 Å². The fourth-order valence-electron chi connectivity index (χ4n) is 4.00. The third-order valence-electron chi connectivity index (χ3n) is 5.45. The molecule has 138 valence electrons. The van der Waals surface area contributed by atoms with Gasteiger partial charge < -0.3 is 9.64 Å². The third kappa shape index (κ3) is 3.70. The molecule has 5 nitrogen and oxygen atoms in total. The summed E-state index contributed by atoms with van der Waals surface area (Å²) < 4.78 is 6.87. The molecule has 1 aliphatic carbocycles. The summed E-state index contributed by atoms with van der Waals surface area (Å²) in [6, 6.07) is 7.71. The summed E-state index contributed by atoms with van der Waals surface area (Å²) in [5.74, 6) is 0.902. The van der Waals surface area contributed by atoms with E-state index in [4.69, 9.17) is 11.3 Å². The van der Waals surface area contributed by atoms with Gasteiger partial charge in [-0.15, -0.1) is 0 Å². The minimum atomic E-state index is 0.118. The van der Waals surface area contributed by atoms with E-state index in [1.54, 1.807) is 18.5 Å². The Labute approximate surface area is 167 Å². The molecule has 1 aliphatic heterocycles. The molecule has 0 saturated heterocycles. The average Bonchev–Trinajstić information content (AvgIpc) is 2.69. The smallest absolute Gasteiger partial charge is 0.255 e. The van der Waals surface area contributed by atoms with Crippen LogP contribution in [-0.2, 0) is 6.42 Å². The molecule has 0 spiro atoms. The number of halogens is 1. The van der Waals surface area contributed by atoms with E-state index in [1.807, 2.05) is 23.1 Å². The van der Waals surface area contributed by atoms with Crippen LogP contribution in [0.5, 0.6) is 5.75 Å². The summed E-state index contributed by atoms with van der Waals surface area (Å²) in [5, 5.41) is 0. The van der Waals surface area contributed by atoms with Crippen molar-refractivity contribution in [2.24, 2.45) is 0 Å². The standard InChI is InChI=1S/C21H20BrN3O2/c1-23-20-7-6-17(12-19(20)22)27-16-4-2-15(3-5-16)25-11-9-14-8-10-24-13-18(14)21(25)26/h6-8,10,12-13,15-16H,2-5,9,11H2. The van der Waals surface area contributed by atoms with E-state index in [0.717, 1.165) is 60.0 Å². The van der Waals surface area contributed by atoms with E-state index in [2.05, 4.69) is 25.8 Å². The molecule has 6 heteroatoms. The van der Waals surface area contributed by atoms with Gasteiger partial charge in [0.25, 0.3) is 5.91 Å². The molecule has 27 heavy (non-hydrogen) atoms. The molecule has 1 saturated carbocycles. The molecule has 2 aromatic rings. The van der Waals surface area contributed by atoms with Crippen LogP contribution in [0, 0.1) is 6.57 Å². The highest BCUT2D eigenvalue weighted by atomic mass is 79.9. The second kappa shape index (κ2) is 7.69. The van der Waals surface area contributed by atoms with Gasteiger partial charge in [0.05, 0.1) is 18.2 Å². The summed E-state index contributed by atoms with van der Waals surface area (Å²) in [4.78, 5) is 22.4. The number of pyridine rings is 1. The lowest BCUT2D eigenvalue weighted by molar-refractivity contribution is 0.0519. The fourth-order valence-corrected chi connectivity index (χ4v) is 4.44. The first-order valence-electron chi connectivity index (χ1n) is 9.23. The summed E-state index contributed by atoms with van der Waals surface area (Å²) in [5.41, 5.74) is 2.45. The highest BCUT2D eigenvalue weighted by Crippen LogP contribution is 2.33. The lowest BCUT2D eigenvalue weighted by atomic mass is 9.89.